The van der Waals surface area contributed by atoms with Crippen molar-refractivity contribution in [3.8, 4) is 0 Å². The zero-order valence-corrected chi connectivity index (χ0v) is 23.0. The van der Waals surface area contributed by atoms with Crippen molar-refractivity contribution >= 4 is 33.2 Å². The van der Waals surface area contributed by atoms with Crippen LogP contribution in [-0.4, -0.2) is 49.2 Å². The number of hydrogen-bond acceptors (Lipinski definition) is 6. The van der Waals surface area contributed by atoms with E-state index in [-0.39, 0.29) is 22.8 Å². The van der Waals surface area contributed by atoms with Crippen molar-refractivity contribution in [1.82, 2.24) is 10.2 Å². The van der Waals surface area contributed by atoms with Gasteiger partial charge < -0.3 is 10.2 Å². The van der Waals surface area contributed by atoms with E-state index in [1.165, 1.54) is 78.6 Å². The molecule has 0 bridgehead atoms. The molecule has 0 saturated carbocycles. The van der Waals surface area contributed by atoms with Gasteiger partial charge in [-0.1, -0.05) is 49.7 Å². The van der Waals surface area contributed by atoms with Crippen molar-refractivity contribution in [2.45, 2.75) is 44.2 Å². The van der Waals surface area contributed by atoms with E-state index in [1.807, 2.05) is 6.92 Å². The standard InChI is InChI=1S/C28H31FN4O6S/c1-3-4-17-30-28(35)21(2)31(19-22-13-15-23(29)16-14-22)27(34)20-32(24-9-8-10-25(18-24)33(36)37)40(38,39)26-11-6-5-7-12-26/h5-16,18,21H,3-4,17,19-20H2,1-2H3,(H,30,35)/t21-/m0/s1. The van der Waals surface area contributed by atoms with E-state index in [1.54, 1.807) is 6.07 Å². The average molecular weight is 571 g/mol. The molecule has 40 heavy (non-hydrogen) atoms. The summed E-state index contributed by atoms with van der Waals surface area (Å²) in [6, 6.07) is 16.7. The van der Waals surface area contributed by atoms with Gasteiger partial charge in [-0.05, 0) is 49.2 Å². The van der Waals surface area contributed by atoms with Gasteiger partial charge >= 0.3 is 0 Å². The lowest BCUT2D eigenvalue weighted by Gasteiger charge is -2.32. The van der Waals surface area contributed by atoms with Gasteiger partial charge in [-0.15, -0.1) is 0 Å². The van der Waals surface area contributed by atoms with Gasteiger partial charge in [0.05, 0.1) is 15.5 Å². The number of nitrogens with zero attached hydrogens (tertiary/aromatic N) is 3. The van der Waals surface area contributed by atoms with E-state index in [0.717, 1.165) is 23.2 Å². The molecule has 212 valence electrons. The number of amides is 2. The number of benzene rings is 3. The van der Waals surface area contributed by atoms with Gasteiger partial charge in [0.25, 0.3) is 15.7 Å². The Kier molecular flexibility index (Phi) is 10.3. The monoisotopic (exact) mass is 570 g/mol. The third-order valence-electron chi connectivity index (χ3n) is 6.20. The van der Waals surface area contributed by atoms with Gasteiger partial charge in [-0.2, -0.15) is 0 Å². The maximum absolute atomic E-state index is 13.8. The molecule has 3 aromatic rings. The summed E-state index contributed by atoms with van der Waals surface area (Å²) >= 11 is 0. The number of unbranched alkanes of at least 4 members (excludes halogenated alkanes) is 1. The Morgan fingerprint density at radius 2 is 1.70 bits per heavy atom. The van der Waals surface area contributed by atoms with Crippen LogP contribution >= 0.6 is 0 Å². The first-order valence-corrected chi connectivity index (χ1v) is 14.1. The molecule has 1 atom stereocenters. The molecule has 1 N–H and O–H groups in total. The quantitative estimate of drug-likeness (QED) is 0.186. The first kappa shape index (κ1) is 30.2. The molecule has 0 heterocycles. The van der Waals surface area contributed by atoms with Crippen molar-refractivity contribution in [3.63, 3.8) is 0 Å². The molecule has 0 fully saturated rings. The highest BCUT2D eigenvalue weighted by molar-refractivity contribution is 7.92. The Balaban J connectivity index is 2.02. The molecule has 2 amide bonds. The van der Waals surface area contributed by atoms with Crippen molar-refractivity contribution in [2.75, 3.05) is 17.4 Å². The Bertz CT molecular complexity index is 1430. The summed E-state index contributed by atoms with van der Waals surface area (Å²) in [5.74, 6) is -1.64. The third kappa shape index (κ3) is 7.63. The van der Waals surface area contributed by atoms with Crippen LogP contribution in [0.3, 0.4) is 0 Å². The number of rotatable bonds is 13. The molecule has 0 saturated heterocycles. The number of nitrogens with one attached hydrogen (secondary N) is 1. The minimum absolute atomic E-state index is 0.0896. The van der Waals surface area contributed by atoms with Crippen LogP contribution in [0.2, 0.25) is 0 Å². The van der Waals surface area contributed by atoms with Gasteiger partial charge in [0.2, 0.25) is 11.8 Å². The summed E-state index contributed by atoms with van der Waals surface area (Å²) in [5, 5.41) is 14.2. The predicted molar refractivity (Wildman–Crippen MR) is 148 cm³/mol. The molecule has 0 unspecified atom stereocenters. The average Bonchev–Trinajstić information content (AvgIpc) is 2.95. The highest BCUT2D eigenvalue weighted by Gasteiger charge is 2.33. The van der Waals surface area contributed by atoms with Crippen LogP contribution < -0.4 is 9.62 Å². The van der Waals surface area contributed by atoms with E-state index < -0.39 is 45.2 Å². The summed E-state index contributed by atoms with van der Waals surface area (Å²) < 4.78 is 41.7. The van der Waals surface area contributed by atoms with Gasteiger partial charge in [0.1, 0.15) is 18.4 Å². The molecule has 12 heteroatoms. The maximum atomic E-state index is 13.8. The maximum Gasteiger partial charge on any atom is 0.271 e. The Hall–Kier alpha value is -4.32. The fraction of sp³-hybridized carbons (Fsp3) is 0.286. The summed E-state index contributed by atoms with van der Waals surface area (Å²) in [7, 11) is -4.35. The lowest BCUT2D eigenvalue weighted by atomic mass is 10.1. The minimum Gasteiger partial charge on any atom is -0.354 e. The molecule has 10 nitrogen and oxygen atoms in total. The Morgan fingerprint density at radius 3 is 2.33 bits per heavy atom. The van der Waals surface area contributed by atoms with Gasteiger partial charge in [0.15, 0.2) is 0 Å². The molecule has 0 radical (unpaired) electrons. The van der Waals surface area contributed by atoms with Gasteiger partial charge in [-0.3, -0.25) is 24.0 Å². The molecule has 3 aromatic carbocycles. The Labute approximate surface area is 232 Å². The van der Waals surface area contributed by atoms with E-state index in [4.69, 9.17) is 0 Å². The first-order valence-electron chi connectivity index (χ1n) is 12.7. The highest BCUT2D eigenvalue weighted by Crippen LogP contribution is 2.27. The molecular weight excluding hydrogens is 539 g/mol. The van der Waals surface area contributed by atoms with Crippen LogP contribution in [0.15, 0.2) is 83.8 Å². The topological polar surface area (TPSA) is 130 Å². The second kappa shape index (κ2) is 13.7. The zero-order chi connectivity index (χ0) is 29.3. The fourth-order valence-corrected chi connectivity index (χ4v) is 5.34. The number of nitro groups is 1. The molecule has 0 aliphatic carbocycles. The van der Waals surface area contributed by atoms with Crippen molar-refractivity contribution in [2.24, 2.45) is 0 Å². The number of hydrogen-bond donors (Lipinski definition) is 1. The molecule has 0 aliphatic rings. The van der Waals surface area contributed by atoms with Crippen LogP contribution in [0.1, 0.15) is 32.3 Å². The number of anilines is 1. The number of halogens is 1. The van der Waals surface area contributed by atoms with Gasteiger partial charge in [0, 0.05) is 25.2 Å². The molecule has 0 aromatic heterocycles. The van der Waals surface area contributed by atoms with Crippen LogP contribution in [0.4, 0.5) is 15.8 Å². The SMILES string of the molecule is CCCCNC(=O)[C@H](C)N(Cc1ccc(F)cc1)C(=O)CN(c1cccc([N+](=O)[O-])c1)S(=O)(=O)c1ccccc1. The number of sulfonamides is 1. The van der Waals surface area contributed by atoms with Crippen molar-refractivity contribution in [3.05, 3.63) is 100 Å². The second-order valence-corrected chi connectivity index (χ2v) is 10.9. The largest absolute Gasteiger partial charge is 0.354 e. The molecule has 0 aliphatic heterocycles. The smallest absolute Gasteiger partial charge is 0.271 e. The Morgan fingerprint density at radius 1 is 1.02 bits per heavy atom. The van der Waals surface area contributed by atoms with Crippen molar-refractivity contribution < 1.29 is 27.3 Å². The highest BCUT2D eigenvalue weighted by atomic mass is 32.2. The van der Waals surface area contributed by atoms with Crippen LogP contribution in [0.5, 0.6) is 0 Å². The van der Waals surface area contributed by atoms with E-state index in [9.17, 15) is 32.5 Å². The predicted octanol–water partition coefficient (Wildman–Crippen LogP) is 4.26. The molecule has 3 rings (SSSR count). The molecular formula is C28H31FN4O6S. The normalized spacial score (nSPS) is 11.9. The minimum atomic E-state index is -4.35. The van der Waals surface area contributed by atoms with E-state index in [0.29, 0.717) is 12.1 Å². The first-order chi connectivity index (χ1) is 19.0. The number of carbonyl (C=O) groups excluding carboxylic acids is 2. The second-order valence-electron chi connectivity index (χ2n) is 9.07. The summed E-state index contributed by atoms with van der Waals surface area (Å²) in [6.45, 7) is 3.05. The molecule has 0 spiro atoms. The van der Waals surface area contributed by atoms with Crippen LogP contribution in [-0.2, 0) is 26.2 Å². The van der Waals surface area contributed by atoms with E-state index in [2.05, 4.69) is 5.32 Å². The third-order valence-corrected chi connectivity index (χ3v) is 7.99. The van der Waals surface area contributed by atoms with Crippen molar-refractivity contribution in [1.29, 1.82) is 0 Å². The van der Waals surface area contributed by atoms with Crippen LogP contribution in [0, 0.1) is 15.9 Å². The number of carbonyl (C=O) groups is 2. The lowest BCUT2D eigenvalue weighted by molar-refractivity contribution is -0.384. The lowest BCUT2D eigenvalue weighted by Crippen LogP contribution is -2.51. The number of non-ortho nitro benzene ring substituents is 1. The van der Waals surface area contributed by atoms with Gasteiger partial charge in [-0.25, -0.2) is 12.8 Å². The summed E-state index contributed by atoms with van der Waals surface area (Å²) in [6.07, 6.45) is 1.59. The fourth-order valence-electron chi connectivity index (χ4n) is 3.92. The zero-order valence-electron chi connectivity index (χ0n) is 22.2. The summed E-state index contributed by atoms with van der Waals surface area (Å²) in [5.41, 5.74) is 0.0778. The number of nitro benzene ring substituents is 1. The van der Waals surface area contributed by atoms with Crippen LogP contribution in [0.25, 0.3) is 0 Å². The van der Waals surface area contributed by atoms with E-state index >= 15 is 0 Å². The summed E-state index contributed by atoms with van der Waals surface area (Å²) in [4.78, 5) is 38.6.